The van der Waals surface area contributed by atoms with Crippen LogP contribution in [0.5, 0.6) is 17.2 Å². The number of halogens is 1. The molecule has 1 saturated heterocycles. The van der Waals surface area contributed by atoms with Crippen molar-refractivity contribution in [1.29, 1.82) is 0 Å². The summed E-state index contributed by atoms with van der Waals surface area (Å²) in [7, 11) is 4.60. The van der Waals surface area contributed by atoms with Crippen molar-refractivity contribution in [3.8, 4) is 28.6 Å². The molecular formula is C18H24ClN3O6. The molecule has 0 spiro atoms. The normalized spacial score (nSPS) is 16.9. The molecule has 2 heterocycles. The highest BCUT2D eigenvalue weighted by Gasteiger charge is 2.29. The smallest absolute Gasteiger partial charge is 0.320 e. The summed E-state index contributed by atoms with van der Waals surface area (Å²) in [5.74, 6) is 1.37. The zero-order valence-electron chi connectivity index (χ0n) is 16.0. The Kier molecular flexibility index (Phi) is 7.47. The molecule has 154 valence electrons. The molecule has 0 amide bonds. The molecule has 0 radical (unpaired) electrons. The quantitative estimate of drug-likeness (QED) is 0.732. The molecule has 1 aromatic carbocycles. The molecule has 1 unspecified atom stereocenters. The molecule has 2 aromatic rings. The van der Waals surface area contributed by atoms with Gasteiger partial charge in [0.05, 0.1) is 27.9 Å². The van der Waals surface area contributed by atoms with E-state index in [1.807, 2.05) is 4.90 Å². The van der Waals surface area contributed by atoms with Crippen molar-refractivity contribution in [3.63, 3.8) is 0 Å². The Morgan fingerprint density at radius 3 is 2.46 bits per heavy atom. The molecule has 1 fully saturated rings. The van der Waals surface area contributed by atoms with Crippen molar-refractivity contribution in [2.24, 2.45) is 0 Å². The Morgan fingerprint density at radius 2 is 1.89 bits per heavy atom. The van der Waals surface area contributed by atoms with Crippen LogP contribution in [-0.4, -0.2) is 60.0 Å². The lowest BCUT2D eigenvalue weighted by Gasteiger charge is -2.31. The third-order valence-corrected chi connectivity index (χ3v) is 4.63. The highest BCUT2D eigenvalue weighted by atomic mass is 35.5. The number of nitrogens with zero attached hydrogens (tertiary/aromatic N) is 3. The number of carboxylic acids is 1. The second-order valence-electron chi connectivity index (χ2n) is 6.25. The molecule has 0 saturated carbocycles. The van der Waals surface area contributed by atoms with E-state index < -0.39 is 12.0 Å². The molecule has 9 nitrogen and oxygen atoms in total. The third kappa shape index (κ3) is 4.48. The van der Waals surface area contributed by atoms with Gasteiger partial charge in [-0.15, -0.1) is 12.4 Å². The number of carbonyl (C=O) groups is 1. The molecule has 1 N–H and O–H groups in total. The van der Waals surface area contributed by atoms with Crippen LogP contribution in [0.15, 0.2) is 16.7 Å². The fourth-order valence-corrected chi connectivity index (χ4v) is 3.28. The Hall–Kier alpha value is -2.52. The number of hydrogen-bond acceptors (Lipinski definition) is 8. The molecule has 1 aliphatic rings. The van der Waals surface area contributed by atoms with Crippen molar-refractivity contribution < 1.29 is 28.6 Å². The fraction of sp³-hybridized carbons (Fsp3) is 0.500. The minimum atomic E-state index is -0.820. The van der Waals surface area contributed by atoms with Crippen molar-refractivity contribution in [2.45, 2.75) is 31.8 Å². The number of benzene rings is 1. The van der Waals surface area contributed by atoms with E-state index in [-0.39, 0.29) is 12.4 Å². The molecule has 28 heavy (non-hydrogen) atoms. The van der Waals surface area contributed by atoms with Crippen LogP contribution < -0.4 is 14.2 Å². The van der Waals surface area contributed by atoms with E-state index in [0.717, 1.165) is 12.8 Å². The second-order valence-corrected chi connectivity index (χ2v) is 6.25. The molecular weight excluding hydrogens is 390 g/mol. The van der Waals surface area contributed by atoms with Crippen molar-refractivity contribution >= 4 is 18.4 Å². The van der Waals surface area contributed by atoms with E-state index >= 15 is 0 Å². The Balaban J connectivity index is 0.00000280. The maximum atomic E-state index is 11.4. The minimum absolute atomic E-state index is 0. The number of aromatic nitrogens is 2. The average molecular weight is 414 g/mol. The van der Waals surface area contributed by atoms with Gasteiger partial charge in [-0.3, -0.25) is 9.69 Å². The number of aliphatic carboxylic acids is 1. The summed E-state index contributed by atoms with van der Waals surface area (Å²) >= 11 is 0. The van der Waals surface area contributed by atoms with Crippen LogP contribution in [0, 0.1) is 0 Å². The predicted octanol–water partition coefficient (Wildman–Crippen LogP) is 2.62. The van der Waals surface area contributed by atoms with Crippen LogP contribution in [0.1, 0.15) is 25.2 Å². The first-order valence-electron chi connectivity index (χ1n) is 8.67. The summed E-state index contributed by atoms with van der Waals surface area (Å²) in [5, 5.41) is 13.4. The van der Waals surface area contributed by atoms with Crippen LogP contribution in [0.25, 0.3) is 11.4 Å². The largest absolute Gasteiger partial charge is 0.493 e. The van der Waals surface area contributed by atoms with Gasteiger partial charge in [-0.1, -0.05) is 11.6 Å². The van der Waals surface area contributed by atoms with Gasteiger partial charge in [0.25, 0.3) is 0 Å². The molecule has 10 heteroatoms. The fourth-order valence-electron chi connectivity index (χ4n) is 3.28. The van der Waals surface area contributed by atoms with Gasteiger partial charge >= 0.3 is 5.97 Å². The minimum Gasteiger partial charge on any atom is -0.493 e. The average Bonchev–Trinajstić information content (AvgIpc) is 3.15. The van der Waals surface area contributed by atoms with Gasteiger partial charge in [0.2, 0.25) is 17.5 Å². The molecule has 1 aliphatic heterocycles. The zero-order valence-corrected chi connectivity index (χ0v) is 16.8. The first-order chi connectivity index (χ1) is 13.1. The highest BCUT2D eigenvalue weighted by Crippen LogP contribution is 2.40. The monoisotopic (exact) mass is 413 g/mol. The van der Waals surface area contributed by atoms with Gasteiger partial charge in [-0.25, -0.2) is 0 Å². The standard InChI is InChI=1S/C18H23N3O6.ClH/c1-24-13-8-11(9-14(25-2)16(13)26-3)17-19-15(27-20-17)10-21-7-5-4-6-12(21)18(22)23;/h8-9,12H,4-7,10H2,1-3H3,(H,22,23);1H. The summed E-state index contributed by atoms with van der Waals surface area (Å²) in [6.45, 7) is 0.993. The van der Waals surface area contributed by atoms with Gasteiger partial charge in [-0.05, 0) is 31.5 Å². The lowest BCUT2D eigenvalue weighted by Crippen LogP contribution is -2.44. The van der Waals surface area contributed by atoms with E-state index in [1.165, 1.54) is 21.3 Å². The first kappa shape index (κ1) is 21.8. The van der Waals surface area contributed by atoms with Crippen LogP contribution in [0.2, 0.25) is 0 Å². The van der Waals surface area contributed by atoms with Crippen molar-refractivity contribution in [1.82, 2.24) is 15.0 Å². The van der Waals surface area contributed by atoms with Gasteiger partial charge in [-0.2, -0.15) is 4.98 Å². The number of ether oxygens (including phenoxy) is 3. The van der Waals surface area contributed by atoms with E-state index in [9.17, 15) is 9.90 Å². The lowest BCUT2D eigenvalue weighted by molar-refractivity contribution is -0.145. The Morgan fingerprint density at radius 1 is 1.21 bits per heavy atom. The molecule has 1 atom stereocenters. The summed E-state index contributed by atoms with van der Waals surface area (Å²) in [6, 6.07) is 2.95. The topological polar surface area (TPSA) is 107 Å². The van der Waals surface area contributed by atoms with Gasteiger partial charge in [0.1, 0.15) is 6.04 Å². The number of carboxylic acid groups (broad SMARTS) is 1. The Labute approximate surface area is 169 Å². The summed E-state index contributed by atoms with van der Waals surface area (Å²) < 4.78 is 21.3. The van der Waals surface area contributed by atoms with E-state index in [4.69, 9.17) is 18.7 Å². The summed E-state index contributed by atoms with van der Waals surface area (Å²) in [4.78, 5) is 17.7. The third-order valence-electron chi connectivity index (χ3n) is 4.63. The summed E-state index contributed by atoms with van der Waals surface area (Å²) in [5.41, 5.74) is 0.646. The van der Waals surface area contributed by atoms with E-state index in [1.54, 1.807) is 12.1 Å². The SMILES string of the molecule is COc1cc(-c2noc(CN3CCCCC3C(=O)O)n2)cc(OC)c1OC.Cl. The second kappa shape index (κ2) is 9.61. The molecule has 0 aliphatic carbocycles. The van der Waals surface area contributed by atoms with Crippen LogP contribution >= 0.6 is 12.4 Å². The molecule has 0 bridgehead atoms. The van der Waals surface area contributed by atoms with Crippen LogP contribution in [0.4, 0.5) is 0 Å². The van der Waals surface area contributed by atoms with Crippen LogP contribution in [0.3, 0.4) is 0 Å². The van der Waals surface area contributed by atoms with Crippen LogP contribution in [-0.2, 0) is 11.3 Å². The van der Waals surface area contributed by atoms with Crippen molar-refractivity contribution in [2.75, 3.05) is 27.9 Å². The number of hydrogen-bond donors (Lipinski definition) is 1. The van der Waals surface area contributed by atoms with Gasteiger partial charge < -0.3 is 23.8 Å². The number of rotatable bonds is 7. The molecule has 1 aromatic heterocycles. The Bertz CT molecular complexity index is 787. The maximum absolute atomic E-state index is 11.4. The number of methoxy groups -OCH3 is 3. The maximum Gasteiger partial charge on any atom is 0.320 e. The zero-order chi connectivity index (χ0) is 19.4. The van der Waals surface area contributed by atoms with Gasteiger partial charge in [0, 0.05) is 5.56 Å². The van der Waals surface area contributed by atoms with Gasteiger partial charge in [0.15, 0.2) is 11.5 Å². The molecule has 3 rings (SSSR count). The lowest BCUT2D eigenvalue weighted by atomic mass is 10.0. The number of likely N-dealkylation sites (tertiary alicyclic amines) is 1. The first-order valence-corrected chi connectivity index (χ1v) is 8.67. The van der Waals surface area contributed by atoms with Crippen molar-refractivity contribution in [3.05, 3.63) is 18.0 Å². The summed E-state index contributed by atoms with van der Waals surface area (Å²) in [6.07, 6.45) is 2.49. The van der Waals surface area contributed by atoms with E-state index in [0.29, 0.717) is 54.0 Å². The highest BCUT2D eigenvalue weighted by molar-refractivity contribution is 5.85. The predicted molar refractivity (Wildman–Crippen MR) is 102 cm³/mol. The van der Waals surface area contributed by atoms with E-state index in [2.05, 4.69) is 10.1 Å². The number of piperidine rings is 1.